The number of nitrogens with zero attached hydrogens (tertiary/aromatic N) is 1. The lowest BCUT2D eigenvalue weighted by Crippen LogP contribution is -1.75. The summed E-state index contributed by atoms with van der Waals surface area (Å²) in [5.74, 6) is 0. The molecule has 0 aliphatic carbocycles. The lowest BCUT2D eigenvalue weighted by Gasteiger charge is -1.95. The summed E-state index contributed by atoms with van der Waals surface area (Å²) in [4.78, 5) is 4.63. The molecule has 1 nitrogen and oxygen atoms in total. The number of benzene rings is 2. The number of aromatic nitrogens is 1. The molecule has 0 bridgehead atoms. The topological polar surface area (TPSA) is 12.9 Å². The first-order valence-electron chi connectivity index (χ1n) is 5.35. The normalized spacial score (nSPS) is 10.9. The maximum Gasteiger partial charge on any atom is 0.124 e. The van der Waals surface area contributed by atoms with Crippen LogP contribution in [0.1, 0.15) is 5.56 Å². The van der Waals surface area contributed by atoms with Gasteiger partial charge in [-0.05, 0) is 36.8 Å². The quantitative estimate of drug-likeness (QED) is 0.604. The van der Waals surface area contributed by atoms with Gasteiger partial charge in [0.2, 0.25) is 0 Å². The van der Waals surface area contributed by atoms with Crippen LogP contribution in [-0.4, -0.2) is 4.98 Å². The fourth-order valence-corrected chi connectivity index (χ4v) is 3.03. The second-order valence-corrected chi connectivity index (χ2v) is 5.47. The van der Waals surface area contributed by atoms with Crippen molar-refractivity contribution in [3.05, 3.63) is 53.1 Å². The second kappa shape index (κ2) is 4.13. The number of hydrogen-bond acceptors (Lipinski definition) is 2. The third-order valence-corrected chi connectivity index (χ3v) is 3.92. The molecular weight excluding hydrogens is 250 g/mol. The van der Waals surface area contributed by atoms with Crippen LogP contribution in [-0.2, 0) is 0 Å². The molecule has 3 heteroatoms. The molecule has 1 heterocycles. The molecule has 84 valence electrons. The monoisotopic (exact) mass is 259 g/mol. The molecule has 0 aliphatic rings. The van der Waals surface area contributed by atoms with Gasteiger partial charge < -0.3 is 0 Å². The van der Waals surface area contributed by atoms with Gasteiger partial charge in [0.15, 0.2) is 0 Å². The zero-order valence-electron chi connectivity index (χ0n) is 9.27. The third-order valence-electron chi connectivity index (χ3n) is 2.62. The highest BCUT2D eigenvalue weighted by Gasteiger charge is 2.06. The van der Waals surface area contributed by atoms with Crippen LogP contribution < -0.4 is 0 Å². The van der Waals surface area contributed by atoms with Crippen LogP contribution in [0.5, 0.6) is 0 Å². The molecule has 0 atom stereocenters. The van der Waals surface area contributed by atoms with E-state index in [4.69, 9.17) is 11.6 Å². The third kappa shape index (κ3) is 2.06. The summed E-state index contributed by atoms with van der Waals surface area (Å²) in [6.07, 6.45) is 0. The highest BCUT2D eigenvalue weighted by Crippen LogP contribution is 2.31. The van der Waals surface area contributed by atoms with Gasteiger partial charge in [0.1, 0.15) is 5.01 Å². The minimum atomic E-state index is 0.748. The average molecular weight is 260 g/mol. The number of aryl methyl sites for hydroxylation is 1. The highest BCUT2D eigenvalue weighted by atomic mass is 35.5. The minimum absolute atomic E-state index is 0.748. The molecule has 2 aromatic carbocycles. The fraction of sp³-hybridized carbons (Fsp3) is 0.0714. The van der Waals surface area contributed by atoms with Crippen LogP contribution in [0.4, 0.5) is 0 Å². The van der Waals surface area contributed by atoms with Crippen molar-refractivity contribution in [3.63, 3.8) is 0 Å². The Bertz CT molecular complexity index is 688. The van der Waals surface area contributed by atoms with E-state index in [-0.39, 0.29) is 0 Å². The standard InChI is InChI=1S/C14H10ClNS/c1-9-5-6-12-13(7-9)17-14(16-12)10-3-2-4-11(15)8-10/h2-8H,1H3. The first kappa shape index (κ1) is 10.8. The second-order valence-electron chi connectivity index (χ2n) is 4.00. The Kier molecular flexibility index (Phi) is 2.61. The molecule has 1 aromatic heterocycles. The van der Waals surface area contributed by atoms with Crippen molar-refractivity contribution in [1.82, 2.24) is 4.98 Å². The van der Waals surface area contributed by atoms with E-state index >= 15 is 0 Å². The molecule has 3 rings (SSSR count). The maximum absolute atomic E-state index is 6.00. The van der Waals surface area contributed by atoms with E-state index in [1.54, 1.807) is 11.3 Å². The number of hydrogen-bond donors (Lipinski definition) is 0. The van der Waals surface area contributed by atoms with E-state index in [1.165, 1.54) is 10.3 Å². The minimum Gasteiger partial charge on any atom is -0.236 e. The van der Waals surface area contributed by atoms with Crippen molar-refractivity contribution in [2.45, 2.75) is 6.92 Å². The number of thiazole rings is 1. The summed E-state index contributed by atoms with van der Waals surface area (Å²) in [6.45, 7) is 2.10. The van der Waals surface area contributed by atoms with Crippen LogP contribution in [0.3, 0.4) is 0 Å². The predicted molar refractivity (Wildman–Crippen MR) is 74.8 cm³/mol. The van der Waals surface area contributed by atoms with E-state index in [1.807, 2.05) is 24.3 Å². The van der Waals surface area contributed by atoms with Crippen molar-refractivity contribution in [3.8, 4) is 10.6 Å². The van der Waals surface area contributed by atoms with Crippen molar-refractivity contribution < 1.29 is 0 Å². The molecule has 0 saturated heterocycles. The van der Waals surface area contributed by atoms with Crippen LogP contribution in [0, 0.1) is 6.92 Å². The molecule has 3 aromatic rings. The lowest BCUT2D eigenvalue weighted by molar-refractivity contribution is 1.45. The Morgan fingerprint density at radius 3 is 2.82 bits per heavy atom. The van der Waals surface area contributed by atoms with Crippen LogP contribution in [0.2, 0.25) is 5.02 Å². The maximum atomic E-state index is 6.00. The molecule has 17 heavy (non-hydrogen) atoms. The SMILES string of the molecule is Cc1ccc2nc(-c3cccc(Cl)c3)sc2c1. The molecule has 0 unspecified atom stereocenters. The Morgan fingerprint density at radius 2 is 2.00 bits per heavy atom. The predicted octanol–water partition coefficient (Wildman–Crippen LogP) is 4.93. The summed E-state index contributed by atoms with van der Waals surface area (Å²) < 4.78 is 1.22. The summed E-state index contributed by atoms with van der Waals surface area (Å²) in [5.41, 5.74) is 3.39. The van der Waals surface area contributed by atoms with Gasteiger partial charge in [0.05, 0.1) is 10.2 Å². The van der Waals surface area contributed by atoms with Crippen LogP contribution in [0.25, 0.3) is 20.8 Å². The molecule has 0 aliphatic heterocycles. The van der Waals surface area contributed by atoms with E-state index in [0.29, 0.717) is 0 Å². The molecule has 0 fully saturated rings. The van der Waals surface area contributed by atoms with Gasteiger partial charge in [-0.2, -0.15) is 0 Å². The van der Waals surface area contributed by atoms with Gasteiger partial charge in [0, 0.05) is 10.6 Å². The van der Waals surface area contributed by atoms with E-state index < -0.39 is 0 Å². The number of fused-ring (bicyclic) bond motifs is 1. The molecular formula is C14H10ClNS. The molecule has 0 saturated carbocycles. The highest BCUT2D eigenvalue weighted by molar-refractivity contribution is 7.21. The zero-order chi connectivity index (χ0) is 11.8. The van der Waals surface area contributed by atoms with Crippen LogP contribution >= 0.6 is 22.9 Å². The van der Waals surface area contributed by atoms with Gasteiger partial charge in [-0.1, -0.05) is 29.8 Å². The first-order valence-corrected chi connectivity index (χ1v) is 6.55. The summed E-state index contributed by atoms with van der Waals surface area (Å²) in [7, 11) is 0. The Morgan fingerprint density at radius 1 is 1.12 bits per heavy atom. The van der Waals surface area contributed by atoms with Gasteiger partial charge in [-0.15, -0.1) is 11.3 Å². The number of rotatable bonds is 1. The van der Waals surface area contributed by atoms with Crippen LogP contribution in [0.15, 0.2) is 42.5 Å². The smallest absolute Gasteiger partial charge is 0.124 e. The molecule has 0 amide bonds. The van der Waals surface area contributed by atoms with Crippen molar-refractivity contribution in [1.29, 1.82) is 0 Å². The Labute approximate surface area is 109 Å². The Hall–Kier alpha value is -1.38. The largest absolute Gasteiger partial charge is 0.236 e. The van der Waals surface area contributed by atoms with Crippen molar-refractivity contribution in [2.75, 3.05) is 0 Å². The Balaban J connectivity index is 2.18. The van der Waals surface area contributed by atoms with Crippen molar-refractivity contribution in [2.24, 2.45) is 0 Å². The average Bonchev–Trinajstić information content (AvgIpc) is 2.72. The first-order chi connectivity index (χ1) is 8.22. The zero-order valence-corrected chi connectivity index (χ0v) is 10.8. The van der Waals surface area contributed by atoms with Crippen molar-refractivity contribution >= 4 is 33.2 Å². The van der Waals surface area contributed by atoms with E-state index in [2.05, 4.69) is 30.1 Å². The summed E-state index contributed by atoms with van der Waals surface area (Å²) >= 11 is 7.70. The lowest BCUT2D eigenvalue weighted by atomic mass is 10.2. The van der Waals surface area contributed by atoms with E-state index in [0.717, 1.165) is 21.1 Å². The molecule has 0 radical (unpaired) electrons. The molecule has 0 spiro atoms. The summed E-state index contributed by atoms with van der Waals surface area (Å²) in [6, 6.07) is 14.1. The number of halogens is 1. The molecule has 0 N–H and O–H groups in total. The fourth-order valence-electron chi connectivity index (χ4n) is 1.78. The van der Waals surface area contributed by atoms with Gasteiger partial charge in [-0.3, -0.25) is 0 Å². The van der Waals surface area contributed by atoms with Gasteiger partial charge >= 0.3 is 0 Å². The van der Waals surface area contributed by atoms with Gasteiger partial charge in [-0.25, -0.2) is 4.98 Å². The summed E-state index contributed by atoms with van der Waals surface area (Å²) in [5, 5.41) is 1.77. The van der Waals surface area contributed by atoms with Gasteiger partial charge in [0.25, 0.3) is 0 Å². The van der Waals surface area contributed by atoms with E-state index in [9.17, 15) is 0 Å².